The minimum atomic E-state index is -0.740. The number of unbranched alkanes of at least 4 members (excludes halogenated alkanes) is 1. The summed E-state index contributed by atoms with van der Waals surface area (Å²) in [5.41, 5.74) is 5.95. The molecule has 3 amide bonds. The number of hydrogen-bond donors (Lipinski definition) is 3. The lowest BCUT2D eigenvalue weighted by Crippen LogP contribution is -2.58. The zero-order chi connectivity index (χ0) is 28.5. The molecule has 0 radical (unpaired) electrons. The Kier molecular flexibility index (Phi) is 18.0. The van der Waals surface area contributed by atoms with Crippen LogP contribution >= 0.6 is 0 Å². The third kappa shape index (κ3) is 12.8. The Labute approximate surface area is 223 Å². The molecule has 4 atom stereocenters. The van der Waals surface area contributed by atoms with Gasteiger partial charge in [0.15, 0.2) is 6.29 Å². The summed E-state index contributed by atoms with van der Waals surface area (Å²) >= 11 is 0. The lowest BCUT2D eigenvalue weighted by atomic mass is 10.0. The molecule has 0 unspecified atom stereocenters. The predicted molar refractivity (Wildman–Crippen MR) is 145 cm³/mol. The summed E-state index contributed by atoms with van der Waals surface area (Å²) in [6.45, 7) is 17.1. The van der Waals surface area contributed by atoms with Gasteiger partial charge in [-0.15, -0.1) is 0 Å². The zero-order valence-corrected chi connectivity index (χ0v) is 24.2. The first-order chi connectivity index (χ1) is 17.4. The van der Waals surface area contributed by atoms with E-state index in [1.54, 1.807) is 0 Å². The summed E-state index contributed by atoms with van der Waals surface area (Å²) in [5.74, 6) is -1.12. The fourth-order valence-corrected chi connectivity index (χ4v) is 3.95. The Morgan fingerprint density at radius 1 is 1.00 bits per heavy atom. The number of nitrogens with zero attached hydrogens (tertiary/aromatic N) is 1. The summed E-state index contributed by atoms with van der Waals surface area (Å²) in [5, 5.41) is 5.52. The van der Waals surface area contributed by atoms with Gasteiger partial charge in [0.2, 0.25) is 17.7 Å². The quantitative estimate of drug-likeness (QED) is 0.219. The van der Waals surface area contributed by atoms with Crippen molar-refractivity contribution in [3.63, 3.8) is 0 Å². The molecule has 37 heavy (non-hydrogen) atoms. The van der Waals surface area contributed by atoms with E-state index in [4.69, 9.17) is 15.2 Å². The van der Waals surface area contributed by atoms with Crippen LogP contribution < -0.4 is 16.4 Å². The molecular formula is C27H52N4O6. The number of nitrogens with one attached hydrogen (secondary N) is 2. The number of likely N-dealkylation sites (tertiary alicyclic amines) is 1. The lowest BCUT2D eigenvalue weighted by Gasteiger charge is -2.31. The third-order valence-corrected chi connectivity index (χ3v) is 6.25. The molecule has 10 nitrogen and oxygen atoms in total. The Hall–Kier alpha value is -2.04. The van der Waals surface area contributed by atoms with Gasteiger partial charge in [-0.05, 0) is 51.9 Å². The van der Waals surface area contributed by atoms with Crippen molar-refractivity contribution < 1.29 is 28.7 Å². The monoisotopic (exact) mass is 528 g/mol. The molecule has 1 rings (SSSR count). The van der Waals surface area contributed by atoms with E-state index in [0.29, 0.717) is 25.8 Å². The average molecular weight is 529 g/mol. The van der Waals surface area contributed by atoms with E-state index in [-0.39, 0.29) is 35.8 Å². The van der Waals surface area contributed by atoms with Crippen LogP contribution in [0.4, 0.5) is 0 Å². The predicted octanol–water partition coefficient (Wildman–Crippen LogP) is 2.38. The molecular weight excluding hydrogens is 476 g/mol. The number of nitrogens with two attached hydrogens (primary N) is 1. The smallest absolute Gasteiger partial charge is 0.246 e. The number of rotatable bonds is 15. The summed E-state index contributed by atoms with van der Waals surface area (Å²) in [6, 6.07) is -2.61. The van der Waals surface area contributed by atoms with E-state index in [9.17, 15) is 19.2 Å². The van der Waals surface area contributed by atoms with Crippen molar-refractivity contribution in [3.8, 4) is 0 Å². The minimum absolute atomic E-state index is 0.0330. The maximum Gasteiger partial charge on any atom is 0.246 e. The summed E-state index contributed by atoms with van der Waals surface area (Å²) < 4.78 is 10.1. The molecule has 0 saturated carbocycles. The minimum Gasteiger partial charge on any atom is -0.353 e. The van der Waals surface area contributed by atoms with E-state index in [1.165, 1.54) is 4.90 Å². The Bertz CT molecular complexity index is 682. The van der Waals surface area contributed by atoms with Crippen molar-refractivity contribution in [2.75, 3.05) is 19.8 Å². The molecule has 1 saturated heterocycles. The van der Waals surface area contributed by atoms with E-state index in [1.807, 2.05) is 55.4 Å². The molecule has 1 fully saturated rings. The maximum absolute atomic E-state index is 13.2. The van der Waals surface area contributed by atoms with Gasteiger partial charge >= 0.3 is 0 Å². The van der Waals surface area contributed by atoms with Crippen LogP contribution in [-0.2, 0) is 28.7 Å². The number of amides is 3. The summed E-state index contributed by atoms with van der Waals surface area (Å²) in [4.78, 5) is 51.1. The van der Waals surface area contributed by atoms with Gasteiger partial charge in [0.05, 0.1) is 12.1 Å². The SMILES string of the molecule is CCCC[C@H](N)C(=O)N[C@H](C(=O)N1CCC[C@H]1C(=O)N[C@H](C=O)C(C)C)C(C)C.CCOC(C)OCC. The van der Waals surface area contributed by atoms with Gasteiger partial charge in [0.25, 0.3) is 0 Å². The third-order valence-electron chi connectivity index (χ3n) is 6.25. The molecule has 4 N–H and O–H groups in total. The van der Waals surface area contributed by atoms with Gasteiger partial charge in [0.1, 0.15) is 18.4 Å². The van der Waals surface area contributed by atoms with Crippen LogP contribution in [0.5, 0.6) is 0 Å². The van der Waals surface area contributed by atoms with Crippen LogP contribution in [0.2, 0.25) is 0 Å². The van der Waals surface area contributed by atoms with Crippen molar-refractivity contribution in [2.24, 2.45) is 17.6 Å². The second-order valence-corrected chi connectivity index (χ2v) is 10.1. The number of ether oxygens (including phenoxy) is 2. The van der Waals surface area contributed by atoms with E-state index in [2.05, 4.69) is 10.6 Å². The van der Waals surface area contributed by atoms with Crippen molar-refractivity contribution in [1.29, 1.82) is 0 Å². The molecule has 0 aliphatic carbocycles. The maximum atomic E-state index is 13.2. The molecule has 0 aromatic heterocycles. The molecule has 216 valence electrons. The average Bonchev–Trinajstić information content (AvgIpc) is 3.34. The Morgan fingerprint density at radius 2 is 1.59 bits per heavy atom. The fourth-order valence-electron chi connectivity index (χ4n) is 3.95. The standard InChI is InChI=1S/C21H38N4O4.C6H14O2/c1-6-7-9-15(22)19(27)24-18(14(4)5)21(29)25-11-8-10-17(25)20(28)23-16(12-26)13(2)3;1-4-7-6(3)8-5-2/h12-18H,6-11,22H2,1-5H3,(H,23,28)(H,24,27);6H,4-5H2,1-3H3/t15-,16+,17-,18-;/m0./s1. The molecule has 0 bridgehead atoms. The number of aldehydes is 1. The number of carbonyl (C=O) groups is 4. The molecule has 0 spiro atoms. The highest BCUT2D eigenvalue weighted by Crippen LogP contribution is 2.21. The highest BCUT2D eigenvalue weighted by atomic mass is 16.7. The van der Waals surface area contributed by atoms with Crippen molar-refractivity contribution in [3.05, 3.63) is 0 Å². The molecule has 1 aliphatic rings. The van der Waals surface area contributed by atoms with Gasteiger partial charge in [-0.3, -0.25) is 14.4 Å². The molecule has 10 heteroatoms. The van der Waals surface area contributed by atoms with Gasteiger partial charge in [-0.25, -0.2) is 0 Å². The van der Waals surface area contributed by atoms with Crippen LogP contribution in [-0.4, -0.2) is 79.1 Å². The van der Waals surface area contributed by atoms with Crippen molar-refractivity contribution in [1.82, 2.24) is 15.5 Å². The molecule has 1 aliphatic heterocycles. The largest absolute Gasteiger partial charge is 0.353 e. The van der Waals surface area contributed by atoms with Crippen LogP contribution in [0.25, 0.3) is 0 Å². The molecule has 0 aromatic carbocycles. The Morgan fingerprint density at radius 3 is 2.05 bits per heavy atom. The van der Waals surface area contributed by atoms with E-state index >= 15 is 0 Å². The second kappa shape index (κ2) is 19.1. The highest BCUT2D eigenvalue weighted by Gasteiger charge is 2.39. The van der Waals surface area contributed by atoms with Crippen molar-refractivity contribution in [2.45, 2.75) is 118 Å². The molecule has 0 aromatic rings. The molecule has 1 heterocycles. The van der Waals surface area contributed by atoms with Gasteiger partial charge in [0, 0.05) is 19.8 Å². The summed E-state index contributed by atoms with van der Waals surface area (Å²) in [6.07, 6.45) is 4.27. The normalized spacial score (nSPS) is 17.7. The first kappa shape index (κ1) is 35.0. The highest BCUT2D eigenvalue weighted by molar-refractivity contribution is 5.94. The van der Waals surface area contributed by atoms with Crippen LogP contribution in [0.15, 0.2) is 0 Å². The fraction of sp³-hybridized carbons (Fsp3) is 0.852. The van der Waals surface area contributed by atoms with E-state index in [0.717, 1.165) is 32.3 Å². The second-order valence-electron chi connectivity index (χ2n) is 10.1. The van der Waals surface area contributed by atoms with Crippen LogP contribution in [0.1, 0.15) is 87.5 Å². The Balaban J connectivity index is 0.00000139. The van der Waals surface area contributed by atoms with Crippen LogP contribution in [0.3, 0.4) is 0 Å². The number of carbonyl (C=O) groups excluding carboxylic acids is 4. The van der Waals surface area contributed by atoms with Crippen molar-refractivity contribution >= 4 is 24.0 Å². The van der Waals surface area contributed by atoms with Crippen LogP contribution in [0, 0.1) is 11.8 Å². The van der Waals surface area contributed by atoms with Gasteiger partial charge in [-0.1, -0.05) is 47.5 Å². The number of hydrogen-bond acceptors (Lipinski definition) is 7. The first-order valence-electron chi connectivity index (χ1n) is 13.8. The van der Waals surface area contributed by atoms with Gasteiger partial charge in [-0.2, -0.15) is 0 Å². The van der Waals surface area contributed by atoms with Gasteiger partial charge < -0.3 is 35.5 Å². The van der Waals surface area contributed by atoms with E-state index < -0.39 is 24.2 Å². The topological polar surface area (TPSA) is 140 Å². The summed E-state index contributed by atoms with van der Waals surface area (Å²) in [7, 11) is 0. The first-order valence-corrected chi connectivity index (χ1v) is 13.8. The zero-order valence-electron chi connectivity index (χ0n) is 24.2. The lowest BCUT2D eigenvalue weighted by molar-refractivity contribution is -0.143.